The molecular formula is C10H12N2O2. The van der Waals surface area contributed by atoms with Crippen molar-refractivity contribution in [2.75, 3.05) is 13.7 Å². The van der Waals surface area contributed by atoms with Gasteiger partial charge in [0.1, 0.15) is 5.69 Å². The summed E-state index contributed by atoms with van der Waals surface area (Å²) in [6.45, 7) is 1.02. The lowest BCUT2D eigenvalue weighted by molar-refractivity contribution is 0.0593. The number of hydrogen-bond acceptors (Lipinski definition) is 4. The van der Waals surface area contributed by atoms with Gasteiger partial charge in [-0.1, -0.05) is 6.07 Å². The van der Waals surface area contributed by atoms with E-state index < -0.39 is 0 Å². The van der Waals surface area contributed by atoms with Crippen LogP contribution in [0.25, 0.3) is 0 Å². The molecule has 14 heavy (non-hydrogen) atoms. The van der Waals surface area contributed by atoms with Crippen LogP contribution >= 0.6 is 0 Å². The third-order valence-electron chi connectivity index (χ3n) is 2.35. The van der Waals surface area contributed by atoms with Crippen LogP contribution in [0.1, 0.15) is 28.6 Å². The first kappa shape index (κ1) is 9.15. The van der Waals surface area contributed by atoms with Crippen LogP contribution in [0.4, 0.5) is 0 Å². The second-order valence-corrected chi connectivity index (χ2v) is 3.23. The van der Waals surface area contributed by atoms with Crippen LogP contribution < -0.4 is 5.32 Å². The fourth-order valence-corrected chi connectivity index (χ4v) is 1.40. The van der Waals surface area contributed by atoms with Crippen molar-refractivity contribution in [3.8, 4) is 0 Å². The van der Waals surface area contributed by atoms with Gasteiger partial charge in [0, 0.05) is 0 Å². The molecule has 1 aliphatic rings. The highest BCUT2D eigenvalue weighted by atomic mass is 16.5. The van der Waals surface area contributed by atoms with Crippen LogP contribution in [0, 0.1) is 0 Å². The molecule has 0 aliphatic carbocycles. The first-order chi connectivity index (χ1) is 6.81. The standard InChI is InChI=1S/C10H12N2O2/c1-14-10(13)9-4-2-3-8(12-9)7-5-6-11-7/h2-4,7,11H,5-6H2,1H3/t7-/m0/s1. The number of esters is 1. The Morgan fingerprint density at radius 1 is 1.64 bits per heavy atom. The van der Waals surface area contributed by atoms with Crippen LogP contribution in [-0.4, -0.2) is 24.6 Å². The van der Waals surface area contributed by atoms with Crippen LogP contribution in [0.2, 0.25) is 0 Å². The molecule has 0 aromatic carbocycles. The molecule has 0 unspecified atom stereocenters. The first-order valence-corrected chi connectivity index (χ1v) is 4.60. The maximum atomic E-state index is 11.2. The monoisotopic (exact) mass is 192 g/mol. The first-order valence-electron chi connectivity index (χ1n) is 4.60. The number of nitrogens with zero attached hydrogens (tertiary/aromatic N) is 1. The minimum Gasteiger partial charge on any atom is -0.464 e. The molecule has 1 aliphatic heterocycles. The molecule has 0 saturated carbocycles. The minimum absolute atomic E-state index is 0.305. The second-order valence-electron chi connectivity index (χ2n) is 3.23. The van der Waals surface area contributed by atoms with Gasteiger partial charge in [0.05, 0.1) is 18.8 Å². The summed E-state index contributed by atoms with van der Waals surface area (Å²) < 4.78 is 4.60. The number of rotatable bonds is 2. The fraction of sp³-hybridized carbons (Fsp3) is 0.400. The van der Waals surface area contributed by atoms with Gasteiger partial charge in [-0.05, 0) is 25.1 Å². The minimum atomic E-state index is -0.383. The molecule has 2 rings (SSSR count). The third-order valence-corrected chi connectivity index (χ3v) is 2.35. The zero-order valence-electron chi connectivity index (χ0n) is 7.99. The van der Waals surface area contributed by atoms with Gasteiger partial charge >= 0.3 is 5.97 Å². The van der Waals surface area contributed by atoms with Crippen molar-refractivity contribution in [2.45, 2.75) is 12.5 Å². The summed E-state index contributed by atoms with van der Waals surface area (Å²) in [4.78, 5) is 15.4. The summed E-state index contributed by atoms with van der Waals surface area (Å²) in [5.74, 6) is -0.383. The Hall–Kier alpha value is -1.42. The van der Waals surface area contributed by atoms with E-state index in [9.17, 15) is 4.79 Å². The van der Waals surface area contributed by atoms with Gasteiger partial charge in [0.25, 0.3) is 0 Å². The lowest BCUT2D eigenvalue weighted by atomic mass is 10.0. The zero-order chi connectivity index (χ0) is 9.97. The van der Waals surface area contributed by atoms with E-state index in [-0.39, 0.29) is 5.97 Å². The molecule has 74 valence electrons. The van der Waals surface area contributed by atoms with Crippen molar-refractivity contribution in [2.24, 2.45) is 0 Å². The topological polar surface area (TPSA) is 51.2 Å². The molecule has 1 atom stereocenters. The molecule has 1 saturated heterocycles. The maximum Gasteiger partial charge on any atom is 0.356 e. The van der Waals surface area contributed by atoms with Crippen molar-refractivity contribution in [3.05, 3.63) is 29.6 Å². The fourth-order valence-electron chi connectivity index (χ4n) is 1.40. The van der Waals surface area contributed by atoms with Gasteiger partial charge in [0.2, 0.25) is 0 Å². The van der Waals surface area contributed by atoms with E-state index in [1.807, 2.05) is 12.1 Å². The molecule has 0 radical (unpaired) electrons. The van der Waals surface area contributed by atoms with Crippen molar-refractivity contribution in [1.29, 1.82) is 0 Å². The highest BCUT2D eigenvalue weighted by Crippen LogP contribution is 2.20. The number of aromatic nitrogens is 1. The number of ether oxygens (including phenoxy) is 1. The van der Waals surface area contributed by atoms with Crippen molar-refractivity contribution < 1.29 is 9.53 Å². The number of methoxy groups -OCH3 is 1. The van der Waals surface area contributed by atoms with Crippen molar-refractivity contribution >= 4 is 5.97 Å². The molecule has 2 heterocycles. The maximum absolute atomic E-state index is 11.2. The number of carbonyl (C=O) groups excluding carboxylic acids is 1. The molecule has 0 spiro atoms. The average molecular weight is 192 g/mol. The molecule has 1 aromatic heterocycles. The highest BCUT2D eigenvalue weighted by molar-refractivity contribution is 5.87. The largest absolute Gasteiger partial charge is 0.464 e. The van der Waals surface area contributed by atoms with E-state index in [1.54, 1.807) is 6.07 Å². The Kier molecular flexibility index (Phi) is 2.45. The van der Waals surface area contributed by atoms with E-state index in [0.717, 1.165) is 18.7 Å². The van der Waals surface area contributed by atoms with E-state index in [2.05, 4.69) is 15.0 Å². The van der Waals surface area contributed by atoms with Gasteiger partial charge in [0.15, 0.2) is 0 Å². The van der Waals surface area contributed by atoms with Crippen LogP contribution in [0.5, 0.6) is 0 Å². The molecular weight excluding hydrogens is 180 g/mol. The lowest BCUT2D eigenvalue weighted by Crippen LogP contribution is -2.35. The normalized spacial score (nSPS) is 19.9. The summed E-state index contributed by atoms with van der Waals surface area (Å²) >= 11 is 0. The van der Waals surface area contributed by atoms with E-state index in [0.29, 0.717) is 11.7 Å². The summed E-state index contributed by atoms with van der Waals surface area (Å²) in [6.07, 6.45) is 1.08. The van der Waals surface area contributed by atoms with E-state index in [1.165, 1.54) is 7.11 Å². The van der Waals surface area contributed by atoms with Crippen molar-refractivity contribution in [1.82, 2.24) is 10.3 Å². The molecule has 4 nitrogen and oxygen atoms in total. The molecule has 1 aromatic rings. The Balaban J connectivity index is 2.21. The summed E-state index contributed by atoms with van der Waals surface area (Å²) in [5.41, 5.74) is 1.29. The Bertz CT molecular complexity index is 348. The van der Waals surface area contributed by atoms with Gasteiger partial charge < -0.3 is 10.1 Å². The van der Waals surface area contributed by atoms with Crippen molar-refractivity contribution in [3.63, 3.8) is 0 Å². The summed E-state index contributed by atoms with van der Waals surface area (Å²) in [6, 6.07) is 5.71. The summed E-state index contributed by atoms with van der Waals surface area (Å²) in [5, 5.41) is 3.23. The Morgan fingerprint density at radius 2 is 2.43 bits per heavy atom. The molecule has 1 N–H and O–H groups in total. The predicted molar refractivity (Wildman–Crippen MR) is 50.9 cm³/mol. The van der Waals surface area contributed by atoms with Crippen LogP contribution in [-0.2, 0) is 4.74 Å². The van der Waals surface area contributed by atoms with Gasteiger partial charge in [-0.3, -0.25) is 0 Å². The summed E-state index contributed by atoms with van der Waals surface area (Å²) in [7, 11) is 1.36. The Labute approximate surface area is 82.3 Å². The lowest BCUT2D eigenvalue weighted by Gasteiger charge is -2.27. The number of pyridine rings is 1. The number of carbonyl (C=O) groups is 1. The predicted octanol–water partition coefficient (Wildman–Crippen LogP) is 0.903. The molecule has 0 amide bonds. The SMILES string of the molecule is COC(=O)c1cccc([C@@H]2CCN2)n1. The highest BCUT2D eigenvalue weighted by Gasteiger charge is 2.20. The quantitative estimate of drug-likeness (QED) is 0.707. The van der Waals surface area contributed by atoms with Gasteiger partial charge in [-0.25, -0.2) is 9.78 Å². The van der Waals surface area contributed by atoms with Gasteiger partial charge in [-0.15, -0.1) is 0 Å². The van der Waals surface area contributed by atoms with E-state index >= 15 is 0 Å². The smallest absolute Gasteiger partial charge is 0.356 e. The van der Waals surface area contributed by atoms with E-state index in [4.69, 9.17) is 0 Å². The average Bonchev–Trinajstić information content (AvgIpc) is 2.14. The molecule has 0 bridgehead atoms. The zero-order valence-corrected chi connectivity index (χ0v) is 7.99. The molecule has 1 fully saturated rings. The molecule has 4 heteroatoms. The number of nitrogens with one attached hydrogen (secondary N) is 1. The second kappa shape index (κ2) is 3.75. The number of hydrogen-bond donors (Lipinski definition) is 1. The third kappa shape index (κ3) is 1.61. The van der Waals surface area contributed by atoms with Crippen LogP contribution in [0.15, 0.2) is 18.2 Å². The van der Waals surface area contributed by atoms with Crippen LogP contribution in [0.3, 0.4) is 0 Å². The Morgan fingerprint density at radius 3 is 3.00 bits per heavy atom. The van der Waals surface area contributed by atoms with Gasteiger partial charge in [-0.2, -0.15) is 0 Å².